The van der Waals surface area contributed by atoms with E-state index in [2.05, 4.69) is 4.74 Å². The largest absolute Gasteiger partial charge is 0.445 e. The predicted octanol–water partition coefficient (Wildman–Crippen LogP) is 0.0409. The number of hydrogen-bond acceptors (Lipinski definition) is 3. The Labute approximate surface area is 53.3 Å². The van der Waals surface area contributed by atoms with Crippen LogP contribution in [-0.4, -0.2) is 38.0 Å². The molecule has 0 unspecified atom stereocenters. The van der Waals surface area contributed by atoms with Crippen LogP contribution in [0.25, 0.3) is 0 Å². The molecule has 0 spiro atoms. The maximum atomic E-state index is 10.6. The van der Waals surface area contributed by atoms with Crippen molar-refractivity contribution in [1.82, 2.24) is 4.90 Å². The van der Waals surface area contributed by atoms with Crippen LogP contribution in [0.3, 0.4) is 0 Å². The van der Waals surface area contributed by atoms with Gasteiger partial charge in [0.05, 0.1) is 0 Å². The highest BCUT2D eigenvalue weighted by atomic mass is 16.6. The van der Waals surface area contributed by atoms with E-state index in [1.54, 1.807) is 14.2 Å². The Bertz CT molecular complexity index is 125. The summed E-state index contributed by atoms with van der Waals surface area (Å²) in [6.45, 7) is 0.339. The molecule has 1 fully saturated rings. The number of amides is 1. The molecule has 1 aliphatic heterocycles. The molecule has 0 saturated carbocycles. The maximum Gasteiger partial charge on any atom is 0.411 e. The Morgan fingerprint density at radius 2 is 2.56 bits per heavy atom. The number of cyclic esters (lactones) is 1. The van der Waals surface area contributed by atoms with Gasteiger partial charge in [0.15, 0.2) is 6.23 Å². The zero-order valence-corrected chi connectivity index (χ0v) is 5.46. The second-order valence-electron chi connectivity index (χ2n) is 1.88. The van der Waals surface area contributed by atoms with E-state index in [1.807, 2.05) is 0 Å². The fraction of sp³-hybridized carbons (Fsp3) is 0.800. The number of rotatable bonds is 1. The molecule has 1 aliphatic rings. The molecule has 0 aromatic carbocycles. The average molecular weight is 131 g/mol. The van der Waals surface area contributed by atoms with Crippen LogP contribution >= 0.6 is 0 Å². The quantitative estimate of drug-likeness (QED) is 0.504. The summed E-state index contributed by atoms with van der Waals surface area (Å²) in [6.07, 6.45) is -0.514. The fourth-order valence-corrected chi connectivity index (χ4v) is 0.700. The third kappa shape index (κ3) is 0.977. The number of hydrogen-bond donors (Lipinski definition) is 0. The Hall–Kier alpha value is -0.770. The minimum atomic E-state index is -0.318. The third-order valence-corrected chi connectivity index (χ3v) is 1.34. The lowest BCUT2D eigenvalue weighted by Gasteiger charge is -2.12. The summed E-state index contributed by atoms with van der Waals surface area (Å²) < 4.78 is 9.50. The number of methoxy groups -OCH3 is 1. The lowest BCUT2D eigenvalue weighted by molar-refractivity contribution is 0.0247. The predicted molar refractivity (Wildman–Crippen MR) is 29.9 cm³/mol. The van der Waals surface area contributed by atoms with Crippen molar-refractivity contribution >= 4 is 6.09 Å². The topological polar surface area (TPSA) is 38.8 Å². The number of carbonyl (C=O) groups excluding carboxylic acids is 1. The van der Waals surface area contributed by atoms with Crippen LogP contribution in [0.4, 0.5) is 4.79 Å². The van der Waals surface area contributed by atoms with Crippen LogP contribution in [0.15, 0.2) is 0 Å². The van der Waals surface area contributed by atoms with Crippen LogP contribution in [0.2, 0.25) is 0 Å². The molecule has 0 N–H and O–H groups in total. The molecule has 0 aromatic rings. The minimum Gasteiger partial charge on any atom is -0.445 e. The van der Waals surface area contributed by atoms with E-state index in [4.69, 9.17) is 4.74 Å². The Morgan fingerprint density at radius 3 is 2.78 bits per heavy atom. The van der Waals surface area contributed by atoms with Crippen molar-refractivity contribution in [2.45, 2.75) is 6.23 Å². The highest BCUT2D eigenvalue weighted by Gasteiger charge is 2.28. The molecule has 1 amide bonds. The van der Waals surface area contributed by atoms with Crippen molar-refractivity contribution < 1.29 is 14.3 Å². The van der Waals surface area contributed by atoms with Gasteiger partial charge in [0, 0.05) is 14.2 Å². The van der Waals surface area contributed by atoms with E-state index in [1.165, 1.54) is 4.90 Å². The number of carbonyl (C=O) groups is 1. The second kappa shape index (κ2) is 2.23. The summed E-state index contributed by atoms with van der Waals surface area (Å²) in [7, 11) is 3.19. The number of likely N-dealkylation sites (N-methyl/N-ethyl adjacent to an activating group) is 1. The Kier molecular flexibility index (Phi) is 1.57. The van der Waals surface area contributed by atoms with Crippen LogP contribution in [0, 0.1) is 0 Å². The fourth-order valence-electron chi connectivity index (χ4n) is 0.700. The first-order chi connectivity index (χ1) is 4.25. The van der Waals surface area contributed by atoms with Crippen molar-refractivity contribution in [3.63, 3.8) is 0 Å². The molecule has 4 nitrogen and oxygen atoms in total. The van der Waals surface area contributed by atoms with Crippen LogP contribution < -0.4 is 0 Å². The molecule has 9 heavy (non-hydrogen) atoms. The van der Waals surface area contributed by atoms with Gasteiger partial charge < -0.3 is 9.47 Å². The van der Waals surface area contributed by atoms with E-state index in [-0.39, 0.29) is 12.3 Å². The summed E-state index contributed by atoms with van der Waals surface area (Å²) in [4.78, 5) is 12.0. The monoisotopic (exact) mass is 131 g/mol. The Morgan fingerprint density at radius 1 is 1.89 bits per heavy atom. The SMILES string of the molecule is CO[C@@H]1COC(=O)N1C. The lowest BCUT2D eigenvalue weighted by atomic mass is 10.6. The standard InChI is InChI=1S/C5H9NO3/c1-6-4(8-2)3-9-5(6)7/h4H,3H2,1-2H3/t4-/m1/s1. The summed E-state index contributed by atoms with van der Waals surface area (Å²) in [5.74, 6) is 0. The van der Waals surface area contributed by atoms with E-state index >= 15 is 0 Å². The van der Waals surface area contributed by atoms with Gasteiger partial charge in [-0.1, -0.05) is 0 Å². The van der Waals surface area contributed by atoms with Gasteiger partial charge in [-0.2, -0.15) is 0 Å². The molecule has 0 radical (unpaired) electrons. The van der Waals surface area contributed by atoms with Gasteiger partial charge in [-0.25, -0.2) is 4.79 Å². The molecule has 1 heterocycles. The van der Waals surface area contributed by atoms with E-state index in [0.29, 0.717) is 6.61 Å². The zero-order chi connectivity index (χ0) is 6.85. The van der Waals surface area contributed by atoms with Crippen molar-refractivity contribution in [2.75, 3.05) is 20.8 Å². The average Bonchev–Trinajstić information content (AvgIpc) is 2.15. The van der Waals surface area contributed by atoms with Gasteiger partial charge in [-0.05, 0) is 0 Å². The second-order valence-corrected chi connectivity index (χ2v) is 1.88. The van der Waals surface area contributed by atoms with E-state index < -0.39 is 0 Å². The van der Waals surface area contributed by atoms with Gasteiger partial charge in [-0.3, -0.25) is 4.90 Å². The van der Waals surface area contributed by atoms with Gasteiger partial charge in [0.2, 0.25) is 0 Å². The molecular formula is C5H9NO3. The van der Waals surface area contributed by atoms with Gasteiger partial charge in [-0.15, -0.1) is 0 Å². The van der Waals surface area contributed by atoms with E-state index in [9.17, 15) is 4.79 Å². The Balaban J connectivity index is 2.51. The van der Waals surface area contributed by atoms with E-state index in [0.717, 1.165) is 0 Å². The molecular weight excluding hydrogens is 122 g/mol. The minimum absolute atomic E-state index is 0.197. The lowest BCUT2D eigenvalue weighted by Crippen LogP contribution is -2.30. The van der Waals surface area contributed by atoms with Crippen LogP contribution in [0.5, 0.6) is 0 Å². The molecule has 0 aliphatic carbocycles. The first-order valence-corrected chi connectivity index (χ1v) is 2.68. The van der Waals surface area contributed by atoms with Crippen molar-refractivity contribution in [2.24, 2.45) is 0 Å². The van der Waals surface area contributed by atoms with Crippen molar-refractivity contribution in [1.29, 1.82) is 0 Å². The molecule has 1 saturated heterocycles. The van der Waals surface area contributed by atoms with Crippen LogP contribution in [0.1, 0.15) is 0 Å². The summed E-state index contributed by atoms with van der Waals surface area (Å²) in [5, 5.41) is 0. The molecule has 1 rings (SSSR count). The van der Waals surface area contributed by atoms with Crippen molar-refractivity contribution in [3.05, 3.63) is 0 Å². The normalized spacial score (nSPS) is 26.7. The smallest absolute Gasteiger partial charge is 0.411 e. The molecule has 52 valence electrons. The molecule has 0 bridgehead atoms. The molecule has 4 heteroatoms. The molecule has 0 aromatic heterocycles. The third-order valence-electron chi connectivity index (χ3n) is 1.34. The number of nitrogens with zero attached hydrogens (tertiary/aromatic N) is 1. The van der Waals surface area contributed by atoms with Gasteiger partial charge in [0.25, 0.3) is 0 Å². The highest BCUT2D eigenvalue weighted by Crippen LogP contribution is 2.08. The molecule has 1 atom stereocenters. The first-order valence-electron chi connectivity index (χ1n) is 2.68. The first kappa shape index (κ1) is 6.35. The van der Waals surface area contributed by atoms with Crippen LogP contribution in [-0.2, 0) is 9.47 Å². The number of ether oxygens (including phenoxy) is 2. The zero-order valence-electron chi connectivity index (χ0n) is 5.46. The van der Waals surface area contributed by atoms with Crippen molar-refractivity contribution in [3.8, 4) is 0 Å². The maximum absolute atomic E-state index is 10.6. The van der Waals surface area contributed by atoms with Gasteiger partial charge in [0.1, 0.15) is 6.61 Å². The highest BCUT2D eigenvalue weighted by molar-refractivity contribution is 5.69. The summed E-state index contributed by atoms with van der Waals surface area (Å²) in [6, 6.07) is 0. The van der Waals surface area contributed by atoms with Gasteiger partial charge >= 0.3 is 6.09 Å². The summed E-state index contributed by atoms with van der Waals surface area (Å²) >= 11 is 0. The summed E-state index contributed by atoms with van der Waals surface area (Å²) in [5.41, 5.74) is 0.